The lowest BCUT2D eigenvalue weighted by Crippen LogP contribution is -2.30. The molecule has 21 heavy (non-hydrogen) atoms. The molecule has 1 atom stereocenters. The summed E-state index contributed by atoms with van der Waals surface area (Å²) in [6, 6.07) is 3.63. The lowest BCUT2D eigenvalue weighted by atomic mass is 10.1. The molecule has 0 heterocycles. The van der Waals surface area contributed by atoms with Crippen molar-refractivity contribution in [2.45, 2.75) is 26.7 Å². The molecular weight excluding hydrogens is 270 g/mol. The smallest absolute Gasteiger partial charge is 0.222 e. The zero-order valence-electron chi connectivity index (χ0n) is 13.5. The van der Waals surface area contributed by atoms with Crippen LogP contribution < -0.4 is 19.5 Å². The minimum Gasteiger partial charge on any atom is -0.496 e. The highest BCUT2D eigenvalue weighted by molar-refractivity contribution is 5.78. The number of nitrogens with one attached hydrogen (secondary N) is 1. The molecule has 1 aromatic carbocycles. The van der Waals surface area contributed by atoms with Crippen LogP contribution in [0.2, 0.25) is 0 Å². The molecule has 0 saturated carbocycles. The Morgan fingerprint density at radius 1 is 1.14 bits per heavy atom. The van der Waals surface area contributed by atoms with E-state index in [0.717, 1.165) is 12.0 Å². The van der Waals surface area contributed by atoms with E-state index in [-0.39, 0.29) is 11.8 Å². The van der Waals surface area contributed by atoms with Gasteiger partial charge in [-0.15, -0.1) is 0 Å². The van der Waals surface area contributed by atoms with Gasteiger partial charge in [0.25, 0.3) is 0 Å². The predicted molar refractivity (Wildman–Crippen MR) is 82.3 cm³/mol. The summed E-state index contributed by atoms with van der Waals surface area (Å²) in [5.74, 6) is 2.18. The number of ether oxygens (including phenoxy) is 3. The first-order valence-electron chi connectivity index (χ1n) is 7.13. The van der Waals surface area contributed by atoms with Crippen LogP contribution in [0, 0.1) is 5.92 Å². The Kier molecular flexibility index (Phi) is 6.85. The van der Waals surface area contributed by atoms with Crippen molar-refractivity contribution >= 4 is 5.91 Å². The summed E-state index contributed by atoms with van der Waals surface area (Å²) in [5, 5.41) is 2.93. The van der Waals surface area contributed by atoms with Crippen LogP contribution in [0.1, 0.15) is 25.8 Å². The van der Waals surface area contributed by atoms with Crippen LogP contribution in [-0.4, -0.2) is 33.8 Å². The number of hydrogen-bond acceptors (Lipinski definition) is 4. The van der Waals surface area contributed by atoms with Crippen LogP contribution in [-0.2, 0) is 11.2 Å². The van der Waals surface area contributed by atoms with Crippen molar-refractivity contribution in [1.29, 1.82) is 0 Å². The minimum absolute atomic E-state index is 0.0321. The van der Waals surface area contributed by atoms with Crippen LogP contribution in [0.25, 0.3) is 0 Å². The van der Waals surface area contributed by atoms with Gasteiger partial charge in [0, 0.05) is 30.2 Å². The SMILES string of the molecule is CC[C@H](C)C(=O)NCCc1c(OC)cc(OC)cc1OC. The molecule has 0 aliphatic carbocycles. The maximum atomic E-state index is 11.8. The molecule has 0 unspecified atom stereocenters. The first kappa shape index (κ1) is 17.1. The van der Waals surface area contributed by atoms with Crippen molar-refractivity contribution in [1.82, 2.24) is 5.32 Å². The third-order valence-corrected chi connectivity index (χ3v) is 3.55. The zero-order valence-corrected chi connectivity index (χ0v) is 13.5. The van der Waals surface area contributed by atoms with Crippen molar-refractivity contribution in [2.24, 2.45) is 5.92 Å². The molecule has 5 heteroatoms. The van der Waals surface area contributed by atoms with Crippen LogP contribution in [0.15, 0.2) is 12.1 Å². The average Bonchev–Trinajstić information content (AvgIpc) is 2.53. The van der Waals surface area contributed by atoms with E-state index in [0.29, 0.717) is 30.2 Å². The van der Waals surface area contributed by atoms with Gasteiger partial charge in [0.05, 0.1) is 21.3 Å². The highest BCUT2D eigenvalue weighted by atomic mass is 16.5. The van der Waals surface area contributed by atoms with Gasteiger partial charge in [-0.1, -0.05) is 13.8 Å². The highest BCUT2D eigenvalue weighted by Crippen LogP contribution is 2.34. The van der Waals surface area contributed by atoms with Crippen LogP contribution >= 0.6 is 0 Å². The Labute approximate surface area is 126 Å². The zero-order chi connectivity index (χ0) is 15.8. The fourth-order valence-corrected chi connectivity index (χ4v) is 1.99. The molecule has 5 nitrogen and oxygen atoms in total. The number of hydrogen-bond donors (Lipinski definition) is 1. The summed E-state index contributed by atoms with van der Waals surface area (Å²) in [4.78, 5) is 11.8. The maximum absolute atomic E-state index is 11.8. The predicted octanol–water partition coefficient (Wildman–Crippen LogP) is 2.42. The Morgan fingerprint density at radius 3 is 2.14 bits per heavy atom. The first-order chi connectivity index (χ1) is 10.1. The number of amides is 1. The Hall–Kier alpha value is -1.91. The van der Waals surface area contributed by atoms with E-state index in [2.05, 4.69) is 5.32 Å². The van der Waals surface area contributed by atoms with Gasteiger partial charge in [-0.3, -0.25) is 4.79 Å². The van der Waals surface area contributed by atoms with Crippen molar-refractivity contribution in [2.75, 3.05) is 27.9 Å². The van der Waals surface area contributed by atoms with Crippen LogP contribution in [0.5, 0.6) is 17.2 Å². The maximum Gasteiger partial charge on any atom is 0.222 e. The summed E-state index contributed by atoms with van der Waals surface area (Å²) in [7, 11) is 4.81. The van der Waals surface area contributed by atoms with E-state index in [4.69, 9.17) is 14.2 Å². The molecule has 1 N–H and O–H groups in total. The van der Waals surface area contributed by atoms with Gasteiger partial charge in [-0.2, -0.15) is 0 Å². The fraction of sp³-hybridized carbons (Fsp3) is 0.562. The largest absolute Gasteiger partial charge is 0.496 e. The lowest BCUT2D eigenvalue weighted by molar-refractivity contribution is -0.124. The molecule has 0 aromatic heterocycles. The second-order valence-corrected chi connectivity index (χ2v) is 4.86. The molecule has 118 valence electrons. The lowest BCUT2D eigenvalue weighted by Gasteiger charge is -2.16. The number of carbonyl (C=O) groups excluding carboxylic acids is 1. The molecule has 1 amide bonds. The monoisotopic (exact) mass is 295 g/mol. The van der Waals surface area contributed by atoms with Crippen molar-refractivity contribution in [3.05, 3.63) is 17.7 Å². The molecule has 0 aliphatic rings. The Balaban J connectivity index is 2.80. The molecule has 1 aromatic rings. The van der Waals surface area contributed by atoms with Gasteiger partial charge in [-0.05, 0) is 12.8 Å². The van der Waals surface area contributed by atoms with Crippen molar-refractivity contribution in [3.8, 4) is 17.2 Å². The van der Waals surface area contributed by atoms with Gasteiger partial charge in [0.15, 0.2) is 0 Å². The molecule has 0 spiro atoms. The third kappa shape index (κ3) is 4.55. The van der Waals surface area contributed by atoms with Gasteiger partial charge in [0.2, 0.25) is 5.91 Å². The van der Waals surface area contributed by atoms with Crippen LogP contribution in [0.3, 0.4) is 0 Å². The normalized spacial score (nSPS) is 11.7. The Morgan fingerprint density at radius 2 is 1.71 bits per heavy atom. The summed E-state index contributed by atoms with van der Waals surface area (Å²) in [5.41, 5.74) is 0.922. The van der Waals surface area contributed by atoms with E-state index >= 15 is 0 Å². The topological polar surface area (TPSA) is 56.8 Å². The highest BCUT2D eigenvalue weighted by Gasteiger charge is 2.14. The molecule has 0 saturated heterocycles. The number of rotatable bonds is 8. The van der Waals surface area contributed by atoms with Crippen LogP contribution in [0.4, 0.5) is 0 Å². The molecule has 0 aliphatic heterocycles. The van der Waals surface area contributed by atoms with Gasteiger partial charge in [-0.25, -0.2) is 0 Å². The fourth-order valence-electron chi connectivity index (χ4n) is 1.99. The summed E-state index contributed by atoms with van der Waals surface area (Å²) in [6.45, 7) is 4.46. The number of benzene rings is 1. The van der Waals surface area contributed by atoms with Crippen molar-refractivity contribution < 1.29 is 19.0 Å². The quantitative estimate of drug-likeness (QED) is 0.800. The van der Waals surface area contributed by atoms with E-state index < -0.39 is 0 Å². The second-order valence-electron chi connectivity index (χ2n) is 4.86. The first-order valence-corrected chi connectivity index (χ1v) is 7.13. The number of carbonyl (C=O) groups is 1. The summed E-state index contributed by atoms with van der Waals surface area (Å²) in [6.07, 6.45) is 1.47. The summed E-state index contributed by atoms with van der Waals surface area (Å²) < 4.78 is 16.0. The molecule has 0 bridgehead atoms. The average molecular weight is 295 g/mol. The third-order valence-electron chi connectivity index (χ3n) is 3.55. The van der Waals surface area contributed by atoms with E-state index in [1.807, 2.05) is 26.0 Å². The van der Waals surface area contributed by atoms with Crippen molar-refractivity contribution in [3.63, 3.8) is 0 Å². The van der Waals surface area contributed by atoms with E-state index in [1.165, 1.54) is 0 Å². The van der Waals surface area contributed by atoms with E-state index in [1.54, 1.807) is 21.3 Å². The molecule has 0 radical (unpaired) electrons. The van der Waals surface area contributed by atoms with Gasteiger partial charge < -0.3 is 19.5 Å². The second kappa shape index (κ2) is 8.39. The van der Waals surface area contributed by atoms with Gasteiger partial charge in [0.1, 0.15) is 17.2 Å². The summed E-state index contributed by atoms with van der Waals surface area (Å²) >= 11 is 0. The molecule has 0 fully saturated rings. The van der Waals surface area contributed by atoms with Gasteiger partial charge >= 0.3 is 0 Å². The van der Waals surface area contributed by atoms with E-state index in [9.17, 15) is 4.79 Å². The Bertz CT molecular complexity index is 448. The molecule has 1 rings (SSSR count). The minimum atomic E-state index is 0.0321. The molecular formula is C16H25NO4. The standard InChI is InChI=1S/C16H25NO4/c1-6-11(2)16(18)17-8-7-13-14(20-4)9-12(19-3)10-15(13)21-5/h9-11H,6-8H2,1-5H3,(H,17,18)/t11-/m0/s1. The number of methoxy groups -OCH3 is 3.